The number of rotatable bonds is 8. The highest BCUT2D eigenvalue weighted by Gasteiger charge is 2.13. The maximum absolute atomic E-state index is 12.3. The van der Waals surface area contributed by atoms with Crippen LogP contribution in [0.4, 0.5) is 14.5 Å². The molecule has 0 aromatic heterocycles. The molecule has 0 aliphatic heterocycles. The van der Waals surface area contributed by atoms with Gasteiger partial charge in [0.15, 0.2) is 6.61 Å². The van der Waals surface area contributed by atoms with Gasteiger partial charge in [0.2, 0.25) is 0 Å². The first-order chi connectivity index (χ1) is 12.9. The molecule has 27 heavy (non-hydrogen) atoms. The number of methoxy groups -OCH3 is 2. The van der Waals surface area contributed by atoms with Crippen molar-refractivity contribution in [1.29, 1.82) is 0 Å². The van der Waals surface area contributed by atoms with Crippen molar-refractivity contribution in [2.45, 2.75) is 10.7 Å². The Labute approximate surface area is 158 Å². The van der Waals surface area contributed by atoms with Crippen LogP contribution in [0.3, 0.4) is 0 Å². The van der Waals surface area contributed by atoms with Gasteiger partial charge in [-0.15, -0.1) is 0 Å². The summed E-state index contributed by atoms with van der Waals surface area (Å²) in [7, 11) is 2.89. The Morgan fingerprint density at radius 3 is 2.15 bits per heavy atom. The number of alkyl halides is 2. The minimum Gasteiger partial charge on any atom is -0.497 e. The third-order valence-corrected chi connectivity index (χ3v) is 4.01. The molecule has 2 aromatic rings. The third kappa shape index (κ3) is 6.45. The number of hydrogen-bond donors (Lipinski definition) is 1. The molecule has 0 aliphatic rings. The summed E-state index contributed by atoms with van der Waals surface area (Å²) >= 11 is 0.408. The number of hydrogen-bond acceptors (Lipinski definition) is 6. The normalized spacial score (nSPS) is 10.4. The Morgan fingerprint density at radius 2 is 1.63 bits per heavy atom. The predicted octanol–water partition coefficient (Wildman–Crippen LogP) is 3.81. The molecule has 1 amide bonds. The molecular formula is C18H17F2NO5S. The van der Waals surface area contributed by atoms with Gasteiger partial charge in [-0.25, -0.2) is 4.79 Å². The van der Waals surface area contributed by atoms with Crippen molar-refractivity contribution < 1.29 is 32.6 Å². The van der Waals surface area contributed by atoms with E-state index in [-0.39, 0.29) is 5.56 Å². The van der Waals surface area contributed by atoms with Crippen LogP contribution >= 0.6 is 11.8 Å². The van der Waals surface area contributed by atoms with Crippen molar-refractivity contribution in [2.75, 3.05) is 26.1 Å². The number of ether oxygens (including phenoxy) is 3. The molecular weight excluding hydrogens is 380 g/mol. The summed E-state index contributed by atoms with van der Waals surface area (Å²) in [6.07, 6.45) is 0. The quantitative estimate of drug-likeness (QED) is 0.539. The highest BCUT2D eigenvalue weighted by Crippen LogP contribution is 2.26. The van der Waals surface area contributed by atoms with Gasteiger partial charge in [0.25, 0.3) is 11.7 Å². The molecule has 0 saturated heterocycles. The van der Waals surface area contributed by atoms with E-state index < -0.39 is 24.2 Å². The van der Waals surface area contributed by atoms with Crippen LogP contribution in [0.2, 0.25) is 0 Å². The van der Waals surface area contributed by atoms with Crippen molar-refractivity contribution in [1.82, 2.24) is 0 Å². The van der Waals surface area contributed by atoms with Crippen LogP contribution in [0, 0.1) is 0 Å². The number of thioether (sulfide) groups is 1. The molecule has 0 heterocycles. The summed E-state index contributed by atoms with van der Waals surface area (Å²) in [5, 5.41) is 2.51. The van der Waals surface area contributed by atoms with Gasteiger partial charge < -0.3 is 19.5 Å². The van der Waals surface area contributed by atoms with E-state index in [2.05, 4.69) is 5.32 Å². The minimum absolute atomic E-state index is 0.173. The lowest BCUT2D eigenvalue weighted by molar-refractivity contribution is -0.119. The van der Waals surface area contributed by atoms with Crippen molar-refractivity contribution >= 4 is 29.3 Å². The first kappa shape index (κ1) is 20.5. The first-order valence-corrected chi connectivity index (χ1v) is 8.54. The van der Waals surface area contributed by atoms with Crippen LogP contribution in [0.15, 0.2) is 47.4 Å². The second-order valence-electron chi connectivity index (χ2n) is 5.13. The van der Waals surface area contributed by atoms with Crippen LogP contribution in [0.1, 0.15) is 10.4 Å². The van der Waals surface area contributed by atoms with E-state index in [1.807, 2.05) is 0 Å². The van der Waals surface area contributed by atoms with E-state index in [0.29, 0.717) is 33.8 Å². The lowest BCUT2D eigenvalue weighted by Gasteiger charge is -2.09. The molecule has 0 saturated carbocycles. The molecule has 6 nitrogen and oxygen atoms in total. The largest absolute Gasteiger partial charge is 0.497 e. The van der Waals surface area contributed by atoms with Gasteiger partial charge in [0.05, 0.1) is 19.8 Å². The van der Waals surface area contributed by atoms with Crippen LogP contribution in [0.25, 0.3) is 0 Å². The number of benzene rings is 2. The Bertz CT molecular complexity index is 777. The van der Waals surface area contributed by atoms with Crippen LogP contribution < -0.4 is 14.8 Å². The van der Waals surface area contributed by atoms with E-state index in [1.54, 1.807) is 6.07 Å². The molecule has 0 bridgehead atoms. The lowest BCUT2D eigenvalue weighted by atomic mass is 10.2. The second kappa shape index (κ2) is 9.77. The number of anilines is 1. The van der Waals surface area contributed by atoms with Crippen LogP contribution in [-0.2, 0) is 9.53 Å². The molecule has 144 valence electrons. The Balaban J connectivity index is 1.90. The van der Waals surface area contributed by atoms with Gasteiger partial charge in [-0.1, -0.05) is 11.8 Å². The maximum Gasteiger partial charge on any atom is 0.338 e. The zero-order valence-electron chi connectivity index (χ0n) is 14.5. The van der Waals surface area contributed by atoms with E-state index in [4.69, 9.17) is 14.2 Å². The Kier molecular flexibility index (Phi) is 7.42. The summed E-state index contributed by atoms with van der Waals surface area (Å²) in [6.45, 7) is -0.508. The molecule has 0 radical (unpaired) electrons. The molecule has 0 aliphatic carbocycles. The Hall–Kier alpha value is -2.81. The van der Waals surface area contributed by atoms with E-state index in [9.17, 15) is 18.4 Å². The minimum atomic E-state index is -2.51. The fourth-order valence-corrected chi connectivity index (χ4v) is 2.56. The number of carbonyl (C=O) groups excluding carboxylic acids is 2. The average Bonchev–Trinajstić information content (AvgIpc) is 2.66. The molecule has 2 aromatic carbocycles. The molecule has 2 rings (SSSR count). The molecule has 0 fully saturated rings. The summed E-state index contributed by atoms with van der Waals surface area (Å²) in [5.74, 6) is -2.97. The van der Waals surface area contributed by atoms with Gasteiger partial charge in [0, 0.05) is 16.6 Å². The zero-order chi connectivity index (χ0) is 19.8. The number of amides is 1. The highest BCUT2D eigenvalue weighted by atomic mass is 32.2. The molecule has 0 spiro atoms. The topological polar surface area (TPSA) is 73.9 Å². The molecule has 0 atom stereocenters. The Morgan fingerprint density at radius 1 is 1.04 bits per heavy atom. The third-order valence-electron chi connectivity index (χ3n) is 3.28. The van der Waals surface area contributed by atoms with Crippen molar-refractivity contribution in [3.05, 3.63) is 48.0 Å². The van der Waals surface area contributed by atoms with E-state index >= 15 is 0 Å². The number of nitrogens with one attached hydrogen (secondary N) is 1. The SMILES string of the molecule is COc1cc(OC)cc(C(=O)OCC(=O)Nc2ccc(SC(F)F)cc2)c1. The fraction of sp³-hybridized carbons (Fsp3) is 0.222. The first-order valence-electron chi connectivity index (χ1n) is 7.66. The lowest BCUT2D eigenvalue weighted by Crippen LogP contribution is -2.21. The highest BCUT2D eigenvalue weighted by molar-refractivity contribution is 7.99. The van der Waals surface area contributed by atoms with Crippen molar-refractivity contribution in [2.24, 2.45) is 0 Å². The standard InChI is InChI=1S/C18H17F2NO5S/c1-24-13-7-11(8-14(9-13)25-2)17(23)26-10-16(22)21-12-3-5-15(6-4-12)27-18(19)20/h3-9,18H,10H2,1-2H3,(H,21,22). The smallest absolute Gasteiger partial charge is 0.338 e. The van der Waals surface area contributed by atoms with Gasteiger partial charge in [-0.3, -0.25) is 4.79 Å². The van der Waals surface area contributed by atoms with Gasteiger partial charge in [-0.05, 0) is 36.4 Å². The van der Waals surface area contributed by atoms with Crippen molar-refractivity contribution in [3.63, 3.8) is 0 Å². The number of halogens is 2. The van der Waals surface area contributed by atoms with Crippen LogP contribution in [0.5, 0.6) is 11.5 Å². The van der Waals surface area contributed by atoms with E-state index in [1.165, 1.54) is 50.6 Å². The average molecular weight is 397 g/mol. The van der Waals surface area contributed by atoms with Gasteiger partial charge in [-0.2, -0.15) is 8.78 Å². The van der Waals surface area contributed by atoms with Crippen LogP contribution in [-0.4, -0.2) is 38.5 Å². The molecule has 0 unspecified atom stereocenters. The summed E-state index contributed by atoms with van der Waals surface area (Å²) < 4.78 is 39.7. The zero-order valence-corrected chi connectivity index (χ0v) is 15.3. The molecule has 9 heteroatoms. The maximum atomic E-state index is 12.3. The van der Waals surface area contributed by atoms with Gasteiger partial charge in [0.1, 0.15) is 11.5 Å². The van der Waals surface area contributed by atoms with E-state index in [0.717, 1.165) is 0 Å². The van der Waals surface area contributed by atoms with Crippen molar-refractivity contribution in [3.8, 4) is 11.5 Å². The van der Waals surface area contributed by atoms with Gasteiger partial charge >= 0.3 is 5.97 Å². The summed E-state index contributed by atoms with van der Waals surface area (Å²) in [6, 6.07) is 10.4. The predicted molar refractivity (Wildman–Crippen MR) is 96.8 cm³/mol. The molecule has 1 N–H and O–H groups in total. The number of carbonyl (C=O) groups is 2. The number of esters is 1. The fourth-order valence-electron chi connectivity index (χ4n) is 2.06. The summed E-state index contributed by atoms with van der Waals surface area (Å²) in [5.41, 5.74) is 0.574. The second-order valence-corrected chi connectivity index (χ2v) is 6.19. The monoisotopic (exact) mass is 397 g/mol. The summed E-state index contributed by atoms with van der Waals surface area (Å²) in [4.78, 5) is 24.4.